The second kappa shape index (κ2) is 6.75. The summed E-state index contributed by atoms with van der Waals surface area (Å²) >= 11 is 0. The van der Waals surface area contributed by atoms with Gasteiger partial charge in [0.15, 0.2) is 0 Å². The van der Waals surface area contributed by atoms with Crippen LogP contribution in [-0.4, -0.2) is 18.4 Å². The van der Waals surface area contributed by atoms with Crippen LogP contribution in [0.3, 0.4) is 0 Å². The van der Waals surface area contributed by atoms with Gasteiger partial charge in [-0.05, 0) is 43.2 Å². The maximum Gasteiger partial charge on any atom is 0.542 e. The average molecular weight is 260 g/mol. The van der Waals surface area contributed by atoms with Crippen molar-refractivity contribution < 1.29 is 24.3 Å². The molecule has 0 radical (unpaired) electrons. The molecule has 0 amide bonds. The van der Waals surface area contributed by atoms with Crippen molar-refractivity contribution in [2.45, 2.75) is 53.6 Å². The molecule has 0 unspecified atom stereocenters. The van der Waals surface area contributed by atoms with Crippen molar-refractivity contribution in [3.63, 3.8) is 0 Å². The highest BCUT2D eigenvalue weighted by Crippen LogP contribution is 2.29. The highest BCUT2D eigenvalue weighted by atomic mass is 17.5. The Hall–Kier alpha value is -1.07. The number of rotatable bonds is 6. The van der Waals surface area contributed by atoms with Crippen molar-refractivity contribution >= 4 is 6.16 Å². The van der Waals surface area contributed by atoms with E-state index in [9.17, 15) is 4.79 Å². The maximum absolute atomic E-state index is 11.0. The molecule has 0 N–H and O–H groups in total. The summed E-state index contributed by atoms with van der Waals surface area (Å²) in [7, 11) is 0. The number of hydrogen-bond donors (Lipinski definition) is 0. The molecule has 0 aliphatic heterocycles. The number of carbonyl (C=O) groups excluding carboxylic acids is 1. The third-order valence-electron chi connectivity index (χ3n) is 1.75. The van der Waals surface area contributed by atoms with Crippen LogP contribution in [-0.2, 0) is 19.6 Å². The van der Waals surface area contributed by atoms with Crippen LogP contribution in [0.1, 0.15) is 48.0 Å². The maximum atomic E-state index is 11.0. The molecule has 0 spiro atoms. The molecule has 0 fully saturated rings. The molecule has 18 heavy (non-hydrogen) atoms. The Morgan fingerprint density at radius 2 is 1.72 bits per heavy atom. The summed E-state index contributed by atoms with van der Waals surface area (Å²) in [4.78, 5) is 20.4. The van der Waals surface area contributed by atoms with Gasteiger partial charge >= 0.3 is 6.16 Å². The summed E-state index contributed by atoms with van der Waals surface area (Å²) in [5.74, 6) is 0. The first kappa shape index (κ1) is 16.9. The first-order valence-corrected chi connectivity index (χ1v) is 5.85. The van der Waals surface area contributed by atoms with Gasteiger partial charge in [-0.15, -0.1) is 0 Å². The predicted octanol–water partition coefficient (Wildman–Crippen LogP) is 3.79. The van der Waals surface area contributed by atoms with Crippen LogP contribution >= 0.6 is 0 Å². The zero-order valence-corrected chi connectivity index (χ0v) is 12.2. The third-order valence-corrected chi connectivity index (χ3v) is 1.75. The lowest BCUT2D eigenvalue weighted by Gasteiger charge is -2.29. The van der Waals surface area contributed by atoms with Gasteiger partial charge in [0.1, 0.15) is 12.2 Å². The molecule has 0 saturated carbocycles. The van der Waals surface area contributed by atoms with Crippen molar-refractivity contribution in [2.75, 3.05) is 6.61 Å². The molecule has 0 aromatic heterocycles. The standard InChI is InChI=1S/C13H24O5/c1-10(2)8-15-11(14)16-18-17-13(6,7)9-12(3,4)5/h1,8-9H2,2-7H3. The van der Waals surface area contributed by atoms with Crippen LogP contribution in [0.4, 0.5) is 4.79 Å². The van der Waals surface area contributed by atoms with Gasteiger partial charge < -0.3 is 4.74 Å². The van der Waals surface area contributed by atoms with E-state index in [-0.39, 0.29) is 12.0 Å². The highest BCUT2D eigenvalue weighted by molar-refractivity contribution is 5.59. The van der Waals surface area contributed by atoms with E-state index in [2.05, 4.69) is 42.0 Å². The van der Waals surface area contributed by atoms with Crippen molar-refractivity contribution in [2.24, 2.45) is 5.41 Å². The van der Waals surface area contributed by atoms with Gasteiger partial charge in [-0.3, -0.25) is 0 Å². The number of hydrogen-bond acceptors (Lipinski definition) is 5. The molecule has 0 aromatic rings. The van der Waals surface area contributed by atoms with E-state index in [4.69, 9.17) is 4.89 Å². The predicted molar refractivity (Wildman–Crippen MR) is 67.6 cm³/mol. The van der Waals surface area contributed by atoms with Crippen molar-refractivity contribution in [1.29, 1.82) is 0 Å². The number of carbonyl (C=O) groups is 1. The van der Waals surface area contributed by atoms with Crippen molar-refractivity contribution in [3.8, 4) is 0 Å². The SMILES string of the molecule is C=C(C)COC(=O)OOOC(C)(C)CC(C)(C)C. The summed E-state index contributed by atoms with van der Waals surface area (Å²) < 4.78 is 4.65. The Kier molecular flexibility index (Phi) is 6.35. The molecule has 5 heteroatoms. The molecule has 0 heterocycles. The smallest absolute Gasteiger partial charge is 0.428 e. The summed E-state index contributed by atoms with van der Waals surface area (Å²) in [6.45, 7) is 15.4. The normalized spacial score (nSPS) is 12.1. The lowest BCUT2D eigenvalue weighted by atomic mass is 9.84. The third kappa shape index (κ3) is 10.1. The van der Waals surface area contributed by atoms with E-state index in [1.54, 1.807) is 6.92 Å². The molecular formula is C13H24O5. The van der Waals surface area contributed by atoms with E-state index < -0.39 is 11.8 Å². The Labute approximate surface area is 109 Å². The van der Waals surface area contributed by atoms with Gasteiger partial charge in [0.25, 0.3) is 0 Å². The summed E-state index contributed by atoms with van der Waals surface area (Å²) in [5, 5.41) is 4.43. The average Bonchev–Trinajstić information content (AvgIpc) is 2.10. The van der Waals surface area contributed by atoms with Crippen molar-refractivity contribution in [3.05, 3.63) is 12.2 Å². The van der Waals surface area contributed by atoms with E-state index in [1.165, 1.54) is 0 Å². The van der Waals surface area contributed by atoms with Gasteiger partial charge in [-0.2, -0.15) is 4.89 Å². The van der Waals surface area contributed by atoms with Gasteiger partial charge in [0.05, 0.1) is 0 Å². The summed E-state index contributed by atoms with van der Waals surface area (Å²) in [6.07, 6.45) is -0.214. The quantitative estimate of drug-likeness (QED) is 0.315. The molecule has 0 rings (SSSR count). The topological polar surface area (TPSA) is 54.0 Å². The van der Waals surface area contributed by atoms with Crippen LogP contribution in [0.5, 0.6) is 0 Å². The van der Waals surface area contributed by atoms with Crippen LogP contribution in [0.2, 0.25) is 0 Å². The Morgan fingerprint density at radius 3 is 2.17 bits per heavy atom. The molecule has 0 aromatic carbocycles. The minimum atomic E-state index is -0.954. The van der Waals surface area contributed by atoms with Crippen molar-refractivity contribution in [1.82, 2.24) is 0 Å². The Balaban J connectivity index is 3.89. The van der Waals surface area contributed by atoms with E-state index >= 15 is 0 Å². The minimum Gasteiger partial charge on any atom is -0.428 e. The molecule has 0 saturated heterocycles. The van der Waals surface area contributed by atoms with E-state index in [1.807, 2.05) is 13.8 Å². The fourth-order valence-electron chi connectivity index (χ4n) is 1.65. The van der Waals surface area contributed by atoms with Crippen LogP contribution < -0.4 is 0 Å². The fourth-order valence-corrected chi connectivity index (χ4v) is 1.65. The fraction of sp³-hybridized carbons (Fsp3) is 0.769. The zero-order valence-electron chi connectivity index (χ0n) is 12.2. The second-order valence-corrected chi connectivity index (χ2v) is 6.23. The molecule has 106 valence electrons. The van der Waals surface area contributed by atoms with E-state index in [0.717, 1.165) is 6.42 Å². The lowest BCUT2D eigenvalue weighted by molar-refractivity contribution is -0.518. The first-order chi connectivity index (χ1) is 8.02. The monoisotopic (exact) mass is 260 g/mol. The number of ether oxygens (including phenoxy) is 1. The molecule has 0 aliphatic carbocycles. The Morgan fingerprint density at radius 1 is 1.17 bits per heavy atom. The molecule has 0 bridgehead atoms. The van der Waals surface area contributed by atoms with E-state index in [0.29, 0.717) is 5.57 Å². The second-order valence-electron chi connectivity index (χ2n) is 6.23. The molecular weight excluding hydrogens is 236 g/mol. The van der Waals surface area contributed by atoms with Gasteiger partial charge in [0.2, 0.25) is 0 Å². The Bertz CT molecular complexity index is 288. The van der Waals surface area contributed by atoms with Crippen LogP contribution in [0, 0.1) is 5.41 Å². The molecule has 0 aliphatic rings. The molecule has 0 atom stereocenters. The van der Waals surface area contributed by atoms with Gasteiger partial charge in [-0.25, -0.2) is 9.68 Å². The first-order valence-electron chi connectivity index (χ1n) is 5.85. The van der Waals surface area contributed by atoms with Crippen LogP contribution in [0.15, 0.2) is 12.2 Å². The van der Waals surface area contributed by atoms with Crippen LogP contribution in [0.25, 0.3) is 0 Å². The summed E-state index contributed by atoms with van der Waals surface area (Å²) in [6, 6.07) is 0. The highest BCUT2D eigenvalue weighted by Gasteiger charge is 2.28. The lowest BCUT2D eigenvalue weighted by Crippen LogP contribution is -2.30. The zero-order chi connectivity index (χ0) is 14.4. The summed E-state index contributed by atoms with van der Waals surface area (Å²) in [5.41, 5.74) is 0.223. The largest absolute Gasteiger partial charge is 0.542 e. The van der Waals surface area contributed by atoms with Gasteiger partial charge in [0, 0.05) is 0 Å². The minimum absolute atomic E-state index is 0.0767. The van der Waals surface area contributed by atoms with Gasteiger partial charge in [-0.1, -0.05) is 27.4 Å². The molecule has 5 nitrogen and oxygen atoms in total.